The van der Waals surface area contributed by atoms with E-state index in [4.69, 9.17) is 17.0 Å². The summed E-state index contributed by atoms with van der Waals surface area (Å²) in [4.78, 5) is 0. The van der Waals surface area contributed by atoms with E-state index in [-0.39, 0.29) is 0 Å². The molecule has 2 N–H and O–H groups in total. The minimum Gasteiger partial charge on any atom is -0.383 e. The lowest BCUT2D eigenvalue weighted by atomic mass is 9.68. The van der Waals surface area contributed by atoms with Crippen molar-refractivity contribution in [2.24, 2.45) is 16.7 Å². The first kappa shape index (κ1) is 14.1. The summed E-state index contributed by atoms with van der Waals surface area (Å²) in [5, 5.41) is 7.56. The Kier molecular flexibility index (Phi) is 3.88. The topological polar surface area (TPSA) is 33.3 Å². The van der Waals surface area contributed by atoms with Gasteiger partial charge in [-0.25, -0.2) is 0 Å². The van der Waals surface area contributed by atoms with Gasteiger partial charge in [-0.3, -0.25) is 0 Å². The number of ether oxygens (including phenoxy) is 1. The monoisotopic (exact) mass is 270 g/mol. The van der Waals surface area contributed by atoms with E-state index in [1.165, 1.54) is 19.3 Å². The highest BCUT2D eigenvalue weighted by atomic mass is 32.1. The molecule has 2 aliphatic carbocycles. The van der Waals surface area contributed by atoms with Gasteiger partial charge in [0.05, 0.1) is 6.61 Å². The summed E-state index contributed by atoms with van der Waals surface area (Å²) < 4.78 is 5.02. The van der Waals surface area contributed by atoms with Crippen LogP contribution in [0.15, 0.2) is 0 Å². The molecule has 0 heterocycles. The van der Waals surface area contributed by atoms with Crippen LogP contribution in [0.3, 0.4) is 0 Å². The van der Waals surface area contributed by atoms with Gasteiger partial charge >= 0.3 is 0 Å². The first-order valence-corrected chi connectivity index (χ1v) is 7.34. The van der Waals surface area contributed by atoms with Crippen LogP contribution in [0.1, 0.15) is 40.0 Å². The van der Waals surface area contributed by atoms with E-state index in [2.05, 4.69) is 31.4 Å². The van der Waals surface area contributed by atoms with Crippen molar-refractivity contribution in [1.82, 2.24) is 10.6 Å². The first-order valence-electron chi connectivity index (χ1n) is 6.93. The molecule has 2 saturated carbocycles. The maximum absolute atomic E-state index is 5.39. The maximum Gasteiger partial charge on any atom is 0.166 e. The number of hydrogen-bond acceptors (Lipinski definition) is 2. The molecular formula is C14H26N2OS. The molecule has 104 valence electrons. The van der Waals surface area contributed by atoms with Gasteiger partial charge in [0.25, 0.3) is 0 Å². The molecule has 2 fully saturated rings. The highest BCUT2D eigenvalue weighted by Gasteiger charge is 2.59. The molecule has 18 heavy (non-hydrogen) atoms. The van der Waals surface area contributed by atoms with Crippen LogP contribution in [0.25, 0.3) is 0 Å². The Morgan fingerprint density at radius 2 is 2.11 bits per heavy atom. The van der Waals surface area contributed by atoms with Crippen LogP contribution in [0, 0.1) is 16.7 Å². The van der Waals surface area contributed by atoms with E-state index in [1.807, 2.05) is 0 Å². The molecule has 0 spiro atoms. The zero-order chi connectivity index (χ0) is 13.4. The summed E-state index contributed by atoms with van der Waals surface area (Å²) in [7, 11) is 1.71. The zero-order valence-electron chi connectivity index (χ0n) is 12.0. The summed E-state index contributed by atoms with van der Waals surface area (Å²) >= 11 is 5.39. The quantitative estimate of drug-likeness (QED) is 0.607. The van der Waals surface area contributed by atoms with Gasteiger partial charge in [0, 0.05) is 19.7 Å². The minimum atomic E-state index is 0.347. The average molecular weight is 270 g/mol. The Balaban J connectivity index is 1.94. The van der Waals surface area contributed by atoms with E-state index in [1.54, 1.807) is 7.11 Å². The fourth-order valence-electron chi connectivity index (χ4n) is 4.11. The molecule has 2 aliphatic rings. The second-order valence-electron chi connectivity index (χ2n) is 6.74. The van der Waals surface area contributed by atoms with Gasteiger partial charge in [-0.05, 0) is 48.2 Å². The maximum atomic E-state index is 5.39. The molecule has 0 aromatic rings. The Morgan fingerprint density at radius 3 is 2.67 bits per heavy atom. The summed E-state index contributed by atoms with van der Waals surface area (Å²) in [5.41, 5.74) is 0.765. The predicted molar refractivity (Wildman–Crippen MR) is 78.6 cm³/mol. The van der Waals surface area contributed by atoms with Gasteiger partial charge in [0.15, 0.2) is 5.11 Å². The largest absolute Gasteiger partial charge is 0.383 e. The molecule has 0 saturated heterocycles. The second kappa shape index (κ2) is 4.97. The first-order chi connectivity index (χ1) is 8.40. The molecule has 3 unspecified atom stereocenters. The third-order valence-electron chi connectivity index (χ3n) is 5.14. The van der Waals surface area contributed by atoms with Gasteiger partial charge in [-0.2, -0.15) is 0 Å². The van der Waals surface area contributed by atoms with Crippen LogP contribution in [0.2, 0.25) is 0 Å². The van der Waals surface area contributed by atoms with Crippen molar-refractivity contribution in [3.05, 3.63) is 0 Å². The van der Waals surface area contributed by atoms with E-state index < -0.39 is 0 Å². The van der Waals surface area contributed by atoms with E-state index in [9.17, 15) is 0 Å². The number of nitrogens with one attached hydrogen (secondary N) is 2. The highest BCUT2D eigenvalue weighted by molar-refractivity contribution is 7.80. The number of rotatable bonds is 4. The van der Waals surface area contributed by atoms with Gasteiger partial charge in [0.1, 0.15) is 0 Å². The zero-order valence-corrected chi connectivity index (χ0v) is 12.8. The van der Waals surface area contributed by atoms with Crippen LogP contribution in [0.4, 0.5) is 0 Å². The van der Waals surface area contributed by atoms with Crippen molar-refractivity contribution in [2.75, 3.05) is 20.3 Å². The van der Waals surface area contributed by atoms with Crippen LogP contribution < -0.4 is 10.6 Å². The van der Waals surface area contributed by atoms with E-state index in [0.29, 0.717) is 23.5 Å². The number of thiocarbonyl (C=S) groups is 1. The van der Waals surface area contributed by atoms with Crippen molar-refractivity contribution >= 4 is 17.3 Å². The molecule has 3 atom stereocenters. The van der Waals surface area contributed by atoms with Gasteiger partial charge in [-0.15, -0.1) is 0 Å². The van der Waals surface area contributed by atoms with Crippen molar-refractivity contribution in [3.8, 4) is 0 Å². The Morgan fingerprint density at radius 1 is 1.39 bits per heavy atom. The second-order valence-corrected chi connectivity index (χ2v) is 7.15. The summed E-state index contributed by atoms with van der Waals surface area (Å²) in [6.07, 6.45) is 4.06. The standard InChI is InChI=1S/C14H26N2OS/c1-13(2)10-5-6-14(3,9-10)11(13)16-12(18)15-7-8-17-4/h10-11H,5-9H2,1-4H3,(H2,15,16,18). The molecule has 2 rings (SSSR count). The molecule has 2 bridgehead atoms. The van der Waals surface area contributed by atoms with Crippen LogP contribution in [-0.4, -0.2) is 31.4 Å². The molecular weight excluding hydrogens is 244 g/mol. The van der Waals surface area contributed by atoms with E-state index in [0.717, 1.165) is 17.6 Å². The predicted octanol–water partition coefficient (Wildman–Crippen LogP) is 2.31. The Hall–Kier alpha value is -0.350. The summed E-state index contributed by atoms with van der Waals surface area (Å²) in [5.74, 6) is 0.849. The van der Waals surface area contributed by atoms with Crippen LogP contribution in [0.5, 0.6) is 0 Å². The summed E-state index contributed by atoms with van der Waals surface area (Å²) in [6.45, 7) is 8.65. The molecule has 0 radical (unpaired) electrons. The third kappa shape index (κ3) is 2.37. The van der Waals surface area contributed by atoms with E-state index >= 15 is 0 Å². The fourth-order valence-corrected chi connectivity index (χ4v) is 4.33. The van der Waals surface area contributed by atoms with Gasteiger partial charge in [-0.1, -0.05) is 20.8 Å². The third-order valence-corrected chi connectivity index (χ3v) is 5.40. The smallest absolute Gasteiger partial charge is 0.166 e. The lowest BCUT2D eigenvalue weighted by Crippen LogP contribution is -2.55. The van der Waals surface area contributed by atoms with Crippen molar-refractivity contribution < 1.29 is 4.74 Å². The molecule has 3 nitrogen and oxygen atoms in total. The minimum absolute atomic E-state index is 0.347. The fraction of sp³-hybridized carbons (Fsp3) is 0.929. The Bertz CT molecular complexity index is 327. The lowest BCUT2D eigenvalue weighted by Gasteiger charge is -2.43. The van der Waals surface area contributed by atoms with Crippen LogP contribution in [-0.2, 0) is 4.74 Å². The van der Waals surface area contributed by atoms with Crippen molar-refractivity contribution in [3.63, 3.8) is 0 Å². The molecule has 0 aliphatic heterocycles. The van der Waals surface area contributed by atoms with Gasteiger partial charge in [0.2, 0.25) is 0 Å². The van der Waals surface area contributed by atoms with Crippen molar-refractivity contribution in [1.29, 1.82) is 0 Å². The number of hydrogen-bond donors (Lipinski definition) is 2. The normalized spacial score (nSPS) is 36.7. The van der Waals surface area contributed by atoms with Crippen LogP contribution >= 0.6 is 12.2 Å². The average Bonchev–Trinajstić information content (AvgIpc) is 2.76. The number of fused-ring (bicyclic) bond motifs is 2. The molecule has 0 aromatic carbocycles. The lowest BCUT2D eigenvalue weighted by molar-refractivity contribution is 0.124. The summed E-state index contributed by atoms with van der Waals surface area (Å²) in [6, 6.07) is 0.492. The highest BCUT2D eigenvalue weighted by Crippen LogP contribution is 2.62. The van der Waals surface area contributed by atoms with Crippen molar-refractivity contribution in [2.45, 2.75) is 46.1 Å². The number of methoxy groups -OCH3 is 1. The molecule has 0 aromatic heterocycles. The molecule has 0 amide bonds. The SMILES string of the molecule is COCCNC(=S)NC1C2(C)CCC(C2)C1(C)C. The Labute approximate surface area is 116 Å². The van der Waals surface area contributed by atoms with Gasteiger partial charge < -0.3 is 15.4 Å². The molecule has 4 heteroatoms.